The van der Waals surface area contributed by atoms with E-state index < -0.39 is 0 Å². The monoisotopic (exact) mass is 209 g/mol. The molecule has 0 aromatic rings. The van der Waals surface area contributed by atoms with Gasteiger partial charge in [-0.25, -0.2) is 0 Å². The predicted octanol–water partition coefficient (Wildman–Crippen LogP) is 2.69. The number of ketones is 1. The van der Waals surface area contributed by atoms with Gasteiger partial charge in [0, 0.05) is 12.8 Å². The summed E-state index contributed by atoms with van der Waals surface area (Å²) in [5, 5.41) is 3.30. The molecule has 1 atom stereocenters. The minimum atomic E-state index is 0.460. The Morgan fingerprint density at radius 2 is 2.27 bits per heavy atom. The topological polar surface area (TPSA) is 29.1 Å². The highest BCUT2D eigenvalue weighted by Crippen LogP contribution is 2.15. The highest BCUT2D eigenvalue weighted by atomic mass is 16.1. The Kier molecular flexibility index (Phi) is 6.33. The SMILES string of the molecule is C=CCCCCCC(=O)CC1CCNC1. The number of hydrogen-bond donors (Lipinski definition) is 1. The molecule has 1 N–H and O–H groups in total. The van der Waals surface area contributed by atoms with Crippen molar-refractivity contribution in [3.63, 3.8) is 0 Å². The fourth-order valence-electron chi connectivity index (χ4n) is 2.10. The molecule has 1 saturated heterocycles. The van der Waals surface area contributed by atoms with E-state index in [1.54, 1.807) is 0 Å². The van der Waals surface area contributed by atoms with Gasteiger partial charge >= 0.3 is 0 Å². The number of carbonyl (C=O) groups is 1. The standard InChI is InChI=1S/C13H23NO/c1-2-3-4-5-6-7-13(15)10-12-8-9-14-11-12/h2,12,14H,1,3-11H2. The molecule has 0 aliphatic carbocycles. The minimum Gasteiger partial charge on any atom is -0.316 e. The molecule has 1 aliphatic rings. The maximum Gasteiger partial charge on any atom is 0.133 e. The summed E-state index contributed by atoms with van der Waals surface area (Å²) in [4.78, 5) is 11.6. The van der Waals surface area contributed by atoms with Gasteiger partial charge in [-0.3, -0.25) is 4.79 Å². The molecule has 1 fully saturated rings. The molecule has 1 rings (SSSR count). The lowest BCUT2D eigenvalue weighted by Crippen LogP contribution is -2.12. The molecule has 0 bridgehead atoms. The van der Waals surface area contributed by atoms with Crippen LogP contribution in [0.4, 0.5) is 0 Å². The first-order valence-electron chi connectivity index (χ1n) is 6.16. The first kappa shape index (κ1) is 12.4. The van der Waals surface area contributed by atoms with Crippen molar-refractivity contribution < 1.29 is 4.79 Å². The summed E-state index contributed by atoms with van der Waals surface area (Å²) in [6.45, 7) is 5.83. The van der Waals surface area contributed by atoms with Crippen molar-refractivity contribution in [2.24, 2.45) is 5.92 Å². The molecule has 0 radical (unpaired) electrons. The molecule has 1 unspecified atom stereocenters. The lowest BCUT2D eigenvalue weighted by molar-refractivity contribution is -0.119. The van der Waals surface area contributed by atoms with Gasteiger partial charge < -0.3 is 5.32 Å². The second kappa shape index (κ2) is 7.63. The average molecular weight is 209 g/mol. The molecule has 0 spiro atoms. The van der Waals surface area contributed by atoms with Crippen LogP contribution in [0.3, 0.4) is 0 Å². The first-order chi connectivity index (χ1) is 7.33. The summed E-state index contributed by atoms with van der Waals surface area (Å²) in [7, 11) is 0. The summed E-state index contributed by atoms with van der Waals surface area (Å²) in [5.74, 6) is 1.08. The number of nitrogens with one attached hydrogen (secondary N) is 1. The van der Waals surface area contributed by atoms with Crippen LogP contribution in [0, 0.1) is 5.92 Å². The number of Topliss-reactive ketones (excluding diaryl/α,β-unsaturated/α-hetero) is 1. The van der Waals surface area contributed by atoms with Gasteiger partial charge in [-0.2, -0.15) is 0 Å². The van der Waals surface area contributed by atoms with E-state index in [1.807, 2.05) is 6.08 Å². The van der Waals surface area contributed by atoms with E-state index in [0.717, 1.165) is 38.8 Å². The van der Waals surface area contributed by atoms with Crippen molar-refractivity contribution in [2.45, 2.75) is 44.9 Å². The Labute approximate surface area is 93.1 Å². The number of carbonyl (C=O) groups excluding carboxylic acids is 1. The fourth-order valence-corrected chi connectivity index (χ4v) is 2.10. The van der Waals surface area contributed by atoms with E-state index in [1.165, 1.54) is 19.3 Å². The zero-order valence-corrected chi connectivity index (χ0v) is 9.63. The summed E-state index contributed by atoms with van der Waals surface area (Å²) >= 11 is 0. The van der Waals surface area contributed by atoms with Gasteiger partial charge in [0.15, 0.2) is 0 Å². The van der Waals surface area contributed by atoms with E-state index in [4.69, 9.17) is 0 Å². The number of allylic oxidation sites excluding steroid dienone is 1. The van der Waals surface area contributed by atoms with Gasteiger partial charge in [-0.15, -0.1) is 6.58 Å². The van der Waals surface area contributed by atoms with Gasteiger partial charge in [0.2, 0.25) is 0 Å². The number of hydrogen-bond acceptors (Lipinski definition) is 2. The van der Waals surface area contributed by atoms with Gasteiger partial charge in [0.25, 0.3) is 0 Å². The van der Waals surface area contributed by atoms with E-state index in [9.17, 15) is 4.79 Å². The van der Waals surface area contributed by atoms with Crippen LogP contribution >= 0.6 is 0 Å². The Hall–Kier alpha value is -0.630. The zero-order valence-electron chi connectivity index (χ0n) is 9.63. The molecule has 0 aromatic heterocycles. The Bertz CT molecular complexity index is 195. The summed E-state index contributed by atoms with van der Waals surface area (Å²) < 4.78 is 0. The van der Waals surface area contributed by atoms with Crippen LogP contribution in [0.15, 0.2) is 12.7 Å². The highest BCUT2D eigenvalue weighted by Gasteiger charge is 2.17. The van der Waals surface area contributed by atoms with Crippen LogP contribution in [0.5, 0.6) is 0 Å². The molecule has 1 heterocycles. The summed E-state index contributed by atoms with van der Waals surface area (Å²) in [5.41, 5.74) is 0. The molecular weight excluding hydrogens is 186 g/mol. The Balaban J connectivity index is 1.95. The number of unbranched alkanes of at least 4 members (excludes halogenated alkanes) is 3. The smallest absolute Gasteiger partial charge is 0.133 e. The first-order valence-corrected chi connectivity index (χ1v) is 6.16. The Morgan fingerprint density at radius 3 is 2.93 bits per heavy atom. The quantitative estimate of drug-likeness (QED) is 0.492. The van der Waals surface area contributed by atoms with Gasteiger partial charge in [-0.05, 0) is 44.7 Å². The van der Waals surface area contributed by atoms with Gasteiger partial charge in [0.1, 0.15) is 5.78 Å². The van der Waals surface area contributed by atoms with E-state index in [2.05, 4.69) is 11.9 Å². The van der Waals surface area contributed by atoms with Crippen LogP contribution in [-0.4, -0.2) is 18.9 Å². The van der Waals surface area contributed by atoms with Gasteiger partial charge in [-0.1, -0.05) is 12.5 Å². The summed E-state index contributed by atoms with van der Waals surface area (Å²) in [6, 6.07) is 0. The van der Waals surface area contributed by atoms with E-state index >= 15 is 0 Å². The van der Waals surface area contributed by atoms with Crippen molar-refractivity contribution in [1.82, 2.24) is 5.32 Å². The Morgan fingerprint density at radius 1 is 1.40 bits per heavy atom. The van der Waals surface area contributed by atoms with Gasteiger partial charge in [0.05, 0.1) is 0 Å². The minimum absolute atomic E-state index is 0.460. The molecular formula is C13H23NO. The van der Waals surface area contributed by atoms with Crippen LogP contribution < -0.4 is 5.32 Å². The third-order valence-corrected chi connectivity index (χ3v) is 3.04. The zero-order chi connectivity index (χ0) is 10.9. The average Bonchev–Trinajstić information content (AvgIpc) is 2.70. The van der Waals surface area contributed by atoms with Crippen LogP contribution in [0.1, 0.15) is 44.9 Å². The third kappa shape index (κ3) is 5.73. The van der Waals surface area contributed by atoms with Crippen molar-refractivity contribution in [3.05, 3.63) is 12.7 Å². The van der Waals surface area contributed by atoms with Crippen molar-refractivity contribution >= 4 is 5.78 Å². The maximum atomic E-state index is 11.6. The molecule has 0 amide bonds. The van der Waals surface area contributed by atoms with Crippen molar-refractivity contribution in [3.8, 4) is 0 Å². The van der Waals surface area contributed by atoms with Crippen LogP contribution in [0.2, 0.25) is 0 Å². The highest BCUT2D eigenvalue weighted by molar-refractivity contribution is 5.78. The lowest BCUT2D eigenvalue weighted by Gasteiger charge is -2.06. The van der Waals surface area contributed by atoms with Crippen molar-refractivity contribution in [2.75, 3.05) is 13.1 Å². The van der Waals surface area contributed by atoms with E-state index in [0.29, 0.717) is 11.7 Å². The molecule has 0 saturated carbocycles. The second-order valence-corrected chi connectivity index (χ2v) is 4.49. The molecule has 2 heteroatoms. The predicted molar refractivity (Wildman–Crippen MR) is 63.9 cm³/mol. The molecule has 86 valence electrons. The molecule has 15 heavy (non-hydrogen) atoms. The number of rotatable bonds is 8. The molecule has 1 aliphatic heterocycles. The lowest BCUT2D eigenvalue weighted by atomic mass is 9.98. The second-order valence-electron chi connectivity index (χ2n) is 4.49. The van der Waals surface area contributed by atoms with E-state index in [-0.39, 0.29) is 0 Å². The largest absolute Gasteiger partial charge is 0.316 e. The maximum absolute atomic E-state index is 11.6. The molecule has 2 nitrogen and oxygen atoms in total. The normalized spacial score (nSPS) is 20.4. The van der Waals surface area contributed by atoms with Crippen LogP contribution in [0.25, 0.3) is 0 Å². The summed E-state index contributed by atoms with van der Waals surface area (Å²) in [6.07, 6.45) is 9.21. The van der Waals surface area contributed by atoms with Crippen molar-refractivity contribution in [1.29, 1.82) is 0 Å². The third-order valence-electron chi connectivity index (χ3n) is 3.04. The molecule has 0 aromatic carbocycles. The fraction of sp³-hybridized carbons (Fsp3) is 0.769. The van der Waals surface area contributed by atoms with Crippen LogP contribution in [-0.2, 0) is 4.79 Å².